The number of nitrogens with zero attached hydrogens (tertiary/aromatic N) is 3. The van der Waals surface area contributed by atoms with Crippen LogP contribution in [0.4, 0.5) is 0 Å². The Hall–Kier alpha value is -0.940. The van der Waals surface area contributed by atoms with Crippen molar-refractivity contribution in [2.75, 3.05) is 13.1 Å². The van der Waals surface area contributed by atoms with Gasteiger partial charge >= 0.3 is 0 Å². The molecular weight excluding hydrogens is 230 g/mol. The van der Waals surface area contributed by atoms with Crippen molar-refractivity contribution < 1.29 is 9.26 Å². The van der Waals surface area contributed by atoms with Crippen molar-refractivity contribution in [3.8, 4) is 0 Å². The van der Waals surface area contributed by atoms with Gasteiger partial charge in [0.05, 0.1) is 18.6 Å². The summed E-state index contributed by atoms with van der Waals surface area (Å²) in [6.45, 7) is 8.58. The molecule has 0 radical (unpaired) electrons. The molecule has 1 aromatic rings. The van der Waals surface area contributed by atoms with E-state index in [2.05, 4.69) is 28.9 Å². The number of rotatable bonds is 3. The van der Waals surface area contributed by atoms with Crippen LogP contribution in [-0.2, 0) is 11.2 Å². The number of hydrogen-bond acceptors (Lipinski definition) is 5. The quantitative estimate of drug-likeness (QED) is 0.813. The first-order valence-corrected chi connectivity index (χ1v) is 6.80. The minimum atomic E-state index is 0.258. The van der Waals surface area contributed by atoms with Crippen LogP contribution in [0.2, 0.25) is 0 Å². The van der Waals surface area contributed by atoms with Crippen LogP contribution in [-0.4, -0.2) is 46.4 Å². The minimum Gasteiger partial charge on any atom is -0.373 e. The number of hydrogen-bond donors (Lipinski definition) is 0. The van der Waals surface area contributed by atoms with Crippen LogP contribution >= 0.6 is 0 Å². The summed E-state index contributed by atoms with van der Waals surface area (Å²) in [4.78, 5) is 6.75. The molecule has 0 aliphatic carbocycles. The highest BCUT2D eigenvalue weighted by molar-refractivity contribution is 4.96. The third-order valence-corrected chi connectivity index (χ3v) is 4.04. The molecule has 3 rings (SSSR count). The summed E-state index contributed by atoms with van der Waals surface area (Å²) in [5.41, 5.74) is 0. The smallest absolute Gasteiger partial charge is 0.229 e. The summed E-state index contributed by atoms with van der Waals surface area (Å²) >= 11 is 0. The lowest BCUT2D eigenvalue weighted by atomic mass is 10.0. The number of fused-ring (bicyclic) bond motifs is 1. The van der Waals surface area contributed by atoms with Crippen LogP contribution in [0.25, 0.3) is 0 Å². The minimum absolute atomic E-state index is 0.258. The van der Waals surface area contributed by atoms with Gasteiger partial charge in [0, 0.05) is 25.0 Å². The molecule has 0 unspecified atom stereocenters. The molecule has 3 heterocycles. The van der Waals surface area contributed by atoms with Gasteiger partial charge in [0.15, 0.2) is 5.82 Å². The zero-order valence-corrected chi connectivity index (χ0v) is 11.3. The average Bonchev–Trinajstić information content (AvgIpc) is 2.93. The molecule has 0 aromatic carbocycles. The van der Waals surface area contributed by atoms with Crippen LogP contribution < -0.4 is 0 Å². The molecule has 2 aliphatic rings. The highest BCUT2D eigenvalue weighted by Gasteiger charge is 2.42. The number of aromatic nitrogens is 2. The number of aryl methyl sites for hydroxylation is 1. The standard InChI is InChI=1S/C13H21N3O2/c1-8(2)16-6-10-4-11(17-12(10)7-16)5-13-14-9(3)15-18-13/h8,10-12H,4-7H2,1-3H3/t10-,11+,12+/m0/s1. The van der Waals surface area contributed by atoms with Crippen molar-refractivity contribution in [2.24, 2.45) is 5.92 Å². The molecule has 2 fully saturated rings. The molecule has 5 nitrogen and oxygen atoms in total. The molecule has 0 spiro atoms. The van der Waals surface area contributed by atoms with E-state index in [0.717, 1.165) is 19.4 Å². The zero-order valence-electron chi connectivity index (χ0n) is 11.3. The van der Waals surface area contributed by atoms with Crippen molar-refractivity contribution in [3.05, 3.63) is 11.7 Å². The second kappa shape index (κ2) is 4.63. The van der Waals surface area contributed by atoms with E-state index in [1.165, 1.54) is 6.54 Å². The van der Waals surface area contributed by atoms with Gasteiger partial charge in [-0.3, -0.25) is 4.90 Å². The van der Waals surface area contributed by atoms with Gasteiger partial charge in [0.1, 0.15) is 0 Å². The first-order chi connectivity index (χ1) is 8.61. The average molecular weight is 251 g/mol. The molecule has 100 valence electrons. The van der Waals surface area contributed by atoms with Crippen LogP contribution in [0.1, 0.15) is 32.0 Å². The lowest BCUT2D eigenvalue weighted by molar-refractivity contribution is 0.0322. The van der Waals surface area contributed by atoms with E-state index < -0.39 is 0 Å². The van der Waals surface area contributed by atoms with Gasteiger partial charge in [0.2, 0.25) is 5.89 Å². The zero-order chi connectivity index (χ0) is 12.7. The maximum atomic E-state index is 6.11. The van der Waals surface area contributed by atoms with Gasteiger partial charge in [-0.2, -0.15) is 4.98 Å². The van der Waals surface area contributed by atoms with Crippen LogP contribution in [0, 0.1) is 12.8 Å². The maximum absolute atomic E-state index is 6.11. The van der Waals surface area contributed by atoms with Crippen molar-refractivity contribution in [2.45, 2.75) is 51.9 Å². The highest BCUT2D eigenvalue weighted by atomic mass is 16.5. The summed E-state index contributed by atoms with van der Waals surface area (Å²) in [6, 6.07) is 0.622. The molecule has 0 N–H and O–H groups in total. The topological polar surface area (TPSA) is 51.4 Å². The molecular formula is C13H21N3O2. The first kappa shape index (κ1) is 12.1. The van der Waals surface area contributed by atoms with E-state index in [4.69, 9.17) is 9.26 Å². The van der Waals surface area contributed by atoms with Gasteiger partial charge in [-0.25, -0.2) is 0 Å². The fourth-order valence-electron chi connectivity index (χ4n) is 3.07. The summed E-state index contributed by atoms with van der Waals surface area (Å²) in [7, 11) is 0. The predicted octanol–water partition coefficient (Wildman–Crippen LogP) is 1.42. The first-order valence-electron chi connectivity index (χ1n) is 6.80. The molecule has 3 atom stereocenters. The molecule has 18 heavy (non-hydrogen) atoms. The Morgan fingerprint density at radius 1 is 1.39 bits per heavy atom. The Labute approximate surface area is 107 Å². The van der Waals surface area contributed by atoms with E-state index in [1.807, 2.05) is 6.92 Å². The molecule has 0 amide bonds. The highest BCUT2D eigenvalue weighted by Crippen LogP contribution is 2.34. The Morgan fingerprint density at radius 2 is 2.22 bits per heavy atom. The Kier molecular flexibility index (Phi) is 3.11. The van der Waals surface area contributed by atoms with Gasteiger partial charge < -0.3 is 9.26 Å². The van der Waals surface area contributed by atoms with Gasteiger partial charge in [-0.1, -0.05) is 5.16 Å². The van der Waals surface area contributed by atoms with Crippen molar-refractivity contribution in [1.82, 2.24) is 15.0 Å². The summed E-state index contributed by atoms with van der Waals surface area (Å²) in [5, 5.41) is 3.82. The van der Waals surface area contributed by atoms with Gasteiger partial charge in [-0.05, 0) is 27.2 Å². The number of likely N-dealkylation sites (tertiary alicyclic amines) is 1. The Balaban J connectivity index is 1.55. The molecule has 5 heteroatoms. The van der Waals surface area contributed by atoms with E-state index >= 15 is 0 Å². The lowest BCUT2D eigenvalue weighted by Crippen LogP contribution is -2.31. The SMILES string of the molecule is Cc1noc(C[C@H]2C[C@H]3CN(C(C)C)C[C@H]3O2)n1. The van der Waals surface area contributed by atoms with E-state index in [1.54, 1.807) is 0 Å². The molecule has 2 saturated heterocycles. The summed E-state index contributed by atoms with van der Waals surface area (Å²) in [6.07, 6.45) is 2.54. The van der Waals surface area contributed by atoms with Crippen LogP contribution in [0.3, 0.4) is 0 Å². The predicted molar refractivity (Wildman–Crippen MR) is 66.2 cm³/mol. The van der Waals surface area contributed by atoms with Crippen molar-refractivity contribution in [3.63, 3.8) is 0 Å². The fourth-order valence-corrected chi connectivity index (χ4v) is 3.07. The van der Waals surface area contributed by atoms with E-state index in [9.17, 15) is 0 Å². The van der Waals surface area contributed by atoms with Gasteiger partial charge in [0.25, 0.3) is 0 Å². The second-order valence-corrected chi connectivity index (χ2v) is 5.78. The Morgan fingerprint density at radius 3 is 2.83 bits per heavy atom. The third kappa shape index (κ3) is 2.29. The van der Waals surface area contributed by atoms with Gasteiger partial charge in [-0.15, -0.1) is 0 Å². The summed E-state index contributed by atoms with van der Waals surface area (Å²) in [5.74, 6) is 2.09. The fraction of sp³-hybridized carbons (Fsp3) is 0.846. The van der Waals surface area contributed by atoms with Crippen molar-refractivity contribution in [1.29, 1.82) is 0 Å². The molecule has 0 bridgehead atoms. The summed E-state index contributed by atoms with van der Waals surface area (Å²) < 4.78 is 11.3. The van der Waals surface area contributed by atoms with E-state index in [0.29, 0.717) is 29.8 Å². The monoisotopic (exact) mass is 251 g/mol. The third-order valence-electron chi connectivity index (χ3n) is 4.04. The molecule has 2 aliphatic heterocycles. The maximum Gasteiger partial charge on any atom is 0.229 e. The molecule has 1 aromatic heterocycles. The number of ether oxygens (including phenoxy) is 1. The largest absolute Gasteiger partial charge is 0.373 e. The van der Waals surface area contributed by atoms with Crippen LogP contribution in [0.5, 0.6) is 0 Å². The van der Waals surface area contributed by atoms with Crippen molar-refractivity contribution >= 4 is 0 Å². The second-order valence-electron chi connectivity index (χ2n) is 5.78. The van der Waals surface area contributed by atoms with Crippen LogP contribution in [0.15, 0.2) is 4.52 Å². The normalized spacial score (nSPS) is 32.3. The Bertz CT molecular complexity index is 404. The lowest BCUT2D eigenvalue weighted by Gasteiger charge is -2.22. The van der Waals surface area contributed by atoms with E-state index in [-0.39, 0.29) is 6.10 Å². The molecule has 0 saturated carbocycles.